The van der Waals surface area contributed by atoms with Crippen LogP contribution in [-0.4, -0.2) is 30.1 Å². The molecular formula is C17H18BrNO2S. The summed E-state index contributed by atoms with van der Waals surface area (Å²) in [5.41, 5.74) is 0.734. The summed E-state index contributed by atoms with van der Waals surface area (Å²) in [7, 11) is 0. The van der Waals surface area contributed by atoms with Crippen LogP contribution in [-0.2, 0) is 11.3 Å². The predicted octanol–water partition coefficient (Wildman–Crippen LogP) is 4.33. The van der Waals surface area contributed by atoms with E-state index in [0.29, 0.717) is 6.54 Å². The minimum absolute atomic E-state index is 0.0987. The number of ether oxygens (including phenoxy) is 1. The Hall–Kier alpha value is -1.17. The van der Waals surface area contributed by atoms with Gasteiger partial charge in [-0.3, -0.25) is 4.79 Å². The monoisotopic (exact) mass is 379 g/mol. The lowest BCUT2D eigenvalue weighted by atomic mass is 10.0. The SMILES string of the molecule is O=C(c1cccc(Br)c1)N(Cc1cccs1)C1CCOCC1. The van der Waals surface area contributed by atoms with Crippen LogP contribution in [0.1, 0.15) is 28.1 Å². The van der Waals surface area contributed by atoms with E-state index in [2.05, 4.69) is 27.4 Å². The Kier molecular flexibility index (Phi) is 5.28. The van der Waals surface area contributed by atoms with Gasteiger partial charge in [0.25, 0.3) is 5.91 Å². The highest BCUT2D eigenvalue weighted by Crippen LogP contribution is 2.23. The molecule has 2 heterocycles. The molecule has 1 amide bonds. The van der Waals surface area contributed by atoms with E-state index in [1.807, 2.05) is 35.2 Å². The minimum Gasteiger partial charge on any atom is -0.381 e. The fourth-order valence-corrected chi connectivity index (χ4v) is 3.82. The van der Waals surface area contributed by atoms with E-state index in [1.165, 1.54) is 4.88 Å². The molecule has 2 aromatic rings. The van der Waals surface area contributed by atoms with Gasteiger partial charge in [0, 0.05) is 34.2 Å². The number of thiophene rings is 1. The fourth-order valence-electron chi connectivity index (χ4n) is 2.72. The van der Waals surface area contributed by atoms with Crippen molar-refractivity contribution in [1.29, 1.82) is 0 Å². The first-order chi connectivity index (χ1) is 10.7. The Labute approximate surface area is 143 Å². The third-order valence-corrected chi connectivity index (χ3v) is 5.22. The van der Waals surface area contributed by atoms with Gasteiger partial charge in [0.2, 0.25) is 0 Å². The van der Waals surface area contributed by atoms with Crippen molar-refractivity contribution in [3.8, 4) is 0 Å². The van der Waals surface area contributed by atoms with Gasteiger partial charge < -0.3 is 9.64 Å². The van der Waals surface area contributed by atoms with E-state index < -0.39 is 0 Å². The van der Waals surface area contributed by atoms with E-state index in [1.54, 1.807) is 11.3 Å². The molecule has 1 aromatic carbocycles. The van der Waals surface area contributed by atoms with Crippen molar-refractivity contribution in [3.63, 3.8) is 0 Å². The lowest BCUT2D eigenvalue weighted by Gasteiger charge is -2.34. The molecule has 5 heteroatoms. The Balaban J connectivity index is 1.84. The summed E-state index contributed by atoms with van der Waals surface area (Å²) in [5, 5.41) is 2.06. The van der Waals surface area contributed by atoms with E-state index in [4.69, 9.17) is 4.74 Å². The zero-order chi connectivity index (χ0) is 15.4. The first-order valence-electron chi connectivity index (χ1n) is 7.41. The Morgan fingerprint density at radius 1 is 1.27 bits per heavy atom. The predicted molar refractivity (Wildman–Crippen MR) is 92.2 cm³/mol. The van der Waals surface area contributed by atoms with Crippen LogP contribution in [0.4, 0.5) is 0 Å². The second kappa shape index (κ2) is 7.40. The second-order valence-electron chi connectivity index (χ2n) is 5.37. The molecular weight excluding hydrogens is 362 g/mol. The molecule has 116 valence electrons. The average Bonchev–Trinajstić information content (AvgIpc) is 3.06. The van der Waals surface area contributed by atoms with Crippen LogP contribution in [0.2, 0.25) is 0 Å². The summed E-state index contributed by atoms with van der Waals surface area (Å²) in [6.07, 6.45) is 1.82. The minimum atomic E-state index is 0.0987. The maximum atomic E-state index is 13.0. The molecule has 1 aliphatic rings. The van der Waals surface area contributed by atoms with Gasteiger partial charge in [-0.1, -0.05) is 28.1 Å². The lowest BCUT2D eigenvalue weighted by Crippen LogP contribution is -2.42. The van der Waals surface area contributed by atoms with Crippen molar-refractivity contribution in [2.45, 2.75) is 25.4 Å². The van der Waals surface area contributed by atoms with Crippen molar-refractivity contribution in [1.82, 2.24) is 4.90 Å². The van der Waals surface area contributed by atoms with Crippen LogP contribution >= 0.6 is 27.3 Å². The quantitative estimate of drug-likeness (QED) is 0.790. The standard InChI is InChI=1S/C17H18BrNO2S/c18-14-4-1-3-13(11-14)17(20)19(12-16-5-2-10-22-16)15-6-8-21-9-7-15/h1-5,10-11,15H,6-9,12H2. The highest BCUT2D eigenvalue weighted by atomic mass is 79.9. The summed E-state index contributed by atoms with van der Waals surface area (Å²) in [5.74, 6) is 0.0987. The van der Waals surface area contributed by atoms with Crippen LogP contribution < -0.4 is 0 Å². The number of amides is 1. The number of halogens is 1. The molecule has 0 radical (unpaired) electrons. The molecule has 1 aromatic heterocycles. The molecule has 0 N–H and O–H groups in total. The number of rotatable bonds is 4. The maximum absolute atomic E-state index is 13.0. The molecule has 0 saturated carbocycles. The molecule has 0 aliphatic carbocycles. The van der Waals surface area contributed by atoms with E-state index >= 15 is 0 Å². The molecule has 1 fully saturated rings. The Morgan fingerprint density at radius 2 is 2.09 bits per heavy atom. The highest BCUT2D eigenvalue weighted by Gasteiger charge is 2.27. The van der Waals surface area contributed by atoms with E-state index in [0.717, 1.165) is 36.1 Å². The molecule has 0 bridgehead atoms. The van der Waals surface area contributed by atoms with Gasteiger partial charge >= 0.3 is 0 Å². The number of nitrogens with zero attached hydrogens (tertiary/aromatic N) is 1. The normalized spacial score (nSPS) is 15.7. The second-order valence-corrected chi connectivity index (χ2v) is 7.31. The number of hydrogen-bond acceptors (Lipinski definition) is 3. The number of carbonyl (C=O) groups is 1. The zero-order valence-electron chi connectivity index (χ0n) is 12.2. The van der Waals surface area contributed by atoms with Gasteiger partial charge in [-0.2, -0.15) is 0 Å². The number of carbonyl (C=O) groups excluding carboxylic acids is 1. The smallest absolute Gasteiger partial charge is 0.254 e. The van der Waals surface area contributed by atoms with Crippen molar-refractivity contribution in [2.24, 2.45) is 0 Å². The maximum Gasteiger partial charge on any atom is 0.254 e. The summed E-state index contributed by atoms with van der Waals surface area (Å²) in [6, 6.07) is 12.0. The molecule has 22 heavy (non-hydrogen) atoms. The van der Waals surface area contributed by atoms with Gasteiger partial charge in [0.05, 0.1) is 6.54 Å². The largest absolute Gasteiger partial charge is 0.381 e. The van der Waals surface area contributed by atoms with Crippen LogP contribution in [0, 0.1) is 0 Å². The van der Waals surface area contributed by atoms with Gasteiger partial charge in [-0.25, -0.2) is 0 Å². The summed E-state index contributed by atoms with van der Waals surface area (Å²) in [4.78, 5) is 16.2. The van der Waals surface area contributed by atoms with Crippen molar-refractivity contribution in [2.75, 3.05) is 13.2 Å². The number of benzene rings is 1. The van der Waals surface area contributed by atoms with Crippen LogP contribution in [0.15, 0.2) is 46.3 Å². The van der Waals surface area contributed by atoms with Crippen LogP contribution in [0.5, 0.6) is 0 Å². The first kappa shape index (κ1) is 15.7. The Bertz CT molecular complexity index is 623. The molecule has 0 spiro atoms. The first-order valence-corrected chi connectivity index (χ1v) is 9.08. The summed E-state index contributed by atoms with van der Waals surface area (Å²) in [6.45, 7) is 2.14. The third kappa shape index (κ3) is 3.77. The summed E-state index contributed by atoms with van der Waals surface area (Å²) < 4.78 is 6.38. The average molecular weight is 380 g/mol. The van der Waals surface area contributed by atoms with E-state index in [9.17, 15) is 4.79 Å². The van der Waals surface area contributed by atoms with Crippen molar-refractivity contribution < 1.29 is 9.53 Å². The van der Waals surface area contributed by atoms with Crippen LogP contribution in [0.3, 0.4) is 0 Å². The highest BCUT2D eigenvalue weighted by molar-refractivity contribution is 9.10. The van der Waals surface area contributed by atoms with Gasteiger partial charge in [0.15, 0.2) is 0 Å². The van der Waals surface area contributed by atoms with Gasteiger partial charge in [-0.05, 0) is 42.5 Å². The molecule has 3 rings (SSSR count). The van der Waals surface area contributed by atoms with Gasteiger partial charge in [-0.15, -0.1) is 11.3 Å². The fraction of sp³-hybridized carbons (Fsp3) is 0.353. The van der Waals surface area contributed by atoms with E-state index in [-0.39, 0.29) is 11.9 Å². The molecule has 1 saturated heterocycles. The van der Waals surface area contributed by atoms with Crippen molar-refractivity contribution in [3.05, 3.63) is 56.7 Å². The third-order valence-electron chi connectivity index (χ3n) is 3.87. The summed E-state index contributed by atoms with van der Waals surface area (Å²) >= 11 is 5.14. The topological polar surface area (TPSA) is 29.5 Å². The zero-order valence-corrected chi connectivity index (χ0v) is 14.6. The van der Waals surface area contributed by atoms with Gasteiger partial charge in [0.1, 0.15) is 0 Å². The Morgan fingerprint density at radius 3 is 2.77 bits per heavy atom. The molecule has 0 unspecified atom stereocenters. The molecule has 1 aliphatic heterocycles. The molecule has 0 atom stereocenters. The lowest BCUT2D eigenvalue weighted by molar-refractivity contribution is 0.0270. The van der Waals surface area contributed by atoms with Crippen molar-refractivity contribution >= 4 is 33.2 Å². The number of hydrogen-bond donors (Lipinski definition) is 0. The molecule has 3 nitrogen and oxygen atoms in total. The van der Waals surface area contributed by atoms with Crippen LogP contribution in [0.25, 0.3) is 0 Å².